The molecule has 0 saturated carbocycles. The molecule has 1 amide bonds. The Hall–Kier alpha value is -2.17. The molecule has 19 heavy (non-hydrogen) atoms. The van der Waals surface area contributed by atoms with Crippen LogP contribution in [-0.2, 0) is 0 Å². The number of nitrogens with zero attached hydrogens (tertiary/aromatic N) is 1. The number of hydrogen-bond donors (Lipinski definition) is 1. The van der Waals surface area contributed by atoms with Crippen molar-refractivity contribution in [2.24, 2.45) is 0 Å². The third-order valence-corrected chi connectivity index (χ3v) is 2.19. The lowest BCUT2D eigenvalue weighted by Crippen LogP contribution is -2.27. The van der Waals surface area contributed by atoms with Gasteiger partial charge in [-0.05, 0) is 6.42 Å². The van der Waals surface area contributed by atoms with Crippen LogP contribution in [0.3, 0.4) is 0 Å². The Kier molecular flexibility index (Phi) is 4.80. The highest BCUT2D eigenvalue weighted by molar-refractivity contribution is 5.94. The number of hydrogen-bond acceptors (Lipinski definition) is 2. The summed E-state index contributed by atoms with van der Waals surface area (Å²) < 4.78 is 64.8. The van der Waals surface area contributed by atoms with Crippen LogP contribution in [0.4, 0.5) is 22.0 Å². The first-order chi connectivity index (χ1) is 8.91. The van der Waals surface area contributed by atoms with Crippen molar-refractivity contribution in [3.8, 4) is 6.07 Å². The minimum atomic E-state index is -2.32. The van der Waals surface area contributed by atoms with Gasteiger partial charge in [0, 0.05) is 13.0 Å². The Morgan fingerprint density at radius 3 is 1.95 bits per heavy atom. The fourth-order valence-electron chi connectivity index (χ4n) is 1.26. The lowest BCUT2D eigenvalue weighted by molar-refractivity contribution is 0.0941. The standard InChI is InChI=1S/C11H7F5N2O/c12-6-5(11(19)18-4-2-1-3-17)7(13)9(15)10(16)8(6)14/h1-2,4H2,(H,18,19). The van der Waals surface area contributed by atoms with Crippen LogP contribution >= 0.6 is 0 Å². The van der Waals surface area contributed by atoms with Crippen LogP contribution in [0.5, 0.6) is 0 Å². The van der Waals surface area contributed by atoms with Gasteiger partial charge in [-0.15, -0.1) is 0 Å². The van der Waals surface area contributed by atoms with Gasteiger partial charge in [-0.2, -0.15) is 5.26 Å². The molecule has 0 aliphatic rings. The van der Waals surface area contributed by atoms with Gasteiger partial charge in [-0.25, -0.2) is 22.0 Å². The van der Waals surface area contributed by atoms with Crippen LogP contribution < -0.4 is 5.32 Å². The summed E-state index contributed by atoms with van der Waals surface area (Å²) in [5.74, 6) is -12.5. The quantitative estimate of drug-likeness (QED) is 0.398. The van der Waals surface area contributed by atoms with Gasteiger partial charge in [-0.3, -0.25) is 4.79 Å². The highest BCUT2D eigenvalue weighted by atomic mass is 19.2. The third kappa shape index (κ3) is 2.99. The van der Waals surface area contributed by atoms with Gasteiger partial charge in [0.15, 0.2) is 23.3 Å². The first kappa shape index (κ1) is 14.9. The fraction of sp³-hybridized carbons (Fsp3) is 0.273. The number of halogens is 5. The van der Waals surface area contributed by atoms with Gasteiger partial charge in [0.05, 0.1) is 6.07 Å². The summed E-state index contributed by atoms with van der Waals surface area (Å²) in [6, 6.07) is 1.76. The first-order valence-corrected chi connectivity index (χ1v) is 5.08. The van der Waals surface area contributed by atoms with Gasteiger partial charge < -0.3 is 5.32 Å². The molecule has 8 heteroatoms. The monoisotopic (exact) mass is 278 g/mol. The maximum Gasteiger partial charge on any atom is 0.257 e. The number of carbonyl (C=O) groups is 1. The maximum absolute atomic E-state index is 13.2. The molecule has 1 N–H and O–H groups in total. The average molecular weight is 278 g/mol. The number of nitriles is 1. The summed E-state index contributed by atoms with van der Waals surface area (Å²) in [5.41, 5.74) is -1.53. The van der Waals surface area contributed by atoms with Crippen LogP contribution in [0.2, 0.25) is 0 Å². The predicted octanol–water partition coefficient (Wildman–Crippen LogP) is 2.42. The van der Waals surface area contributed by atoms with Gasteiger partial charge in [-0.1, -0.05) is 0 Å². The molecule has 1 rings (SSSR count). The molecule has 3 nitrogen and oxygen atoms in total. The van der Waals surface area contributed by atoms with E-state index in [1.54, 1.807) is 6.07 Å². The number of benzene rings is 1. The second kappa shape index (κ2) is 6.13. The summed E-state index contributed by atoms with van der Waals surface area (Å²) >= 11 is 0. The Bertz CT molecular complexity index is 524. The Morgan fingerprint density at radius 2 is 1.47 bits per heavy atom. The molecule has 0 aliphatic carbocycles. The maximum atomic E-state index is 13.2. The molecular weight excluding hydrogens is 271 g/mol. The van der Waals surface area contributed by atoms with Crippen molar-refractivity contribution in [2.75, 3.05) is 6.54 Å². The van der Waals surface area contributed by atoms with Crippen molar-refractivity contribution in [1.29, 1.82) is 5.26 Å². The van der Waals surface area contributed by atoms with Crippen molar-refractivity contribution < 1.29 is 26.7 Å². The van der Waals surface area contributed by atoms with E-state index in [1.807, 2.05) is 5.32 Å². The second-order valence-corrected chi connectivity index (χ2v) is 3.46. The molecule has 0 fully saturated rings. The predicted molar refractivity (Wildman–Crippen MR) is 53.4 cm³/mol. The van der Waals surface area contributed by atoms with E-state index in [4.69, 9.17) is 5.26 Å². The molecule has 1 aromatic rings. The molecule has 0 heterocycles. The zero-order valence-electron chi connectivity index (χ0n) is 9.37. The third-order valence-electron chi connectivity index (χ3n) is 2.19. The van der Waals surface area contributed by atoms with E-state index in [0.717, 1.165) is 0 Å². The number of amides is 1. The molecule has 102 valence electrons. The van der Waals surface area contributed by atoms with Gasteiger partial charge in [0.1, 0.15) is 5.56 Å². The van der Waals surface area contributed by atoms with Gasteiger partial charge >= 0.3 is 0 Å². The summed E-state index contributed by atoms with van der Waals surface area (Å²) in [6.45, 7) is -0.119. The smallest absolute Gasteiger partial charge is 0.257 e. The fourth-order valence-corrected chi connectivity index (χ4v) is 1.26. The molecule has 0 atom stereocenters. The topological polar surface area (TPSA) is 52.9 Å². The van der Waals surface area contributed by atoms with Crippen molar-refractivity contribution in [2.45, 2.75) is 12.8 Å². The molecule has 0 unspecified atom stereocenters. The van der Waals surface area contributed by atoms with Crippen molar-refractivity contribution in [1.82, 2.24) is 5.32 Å². The van der Waals surface area contributed by atoms with E-state index in [-0.39, 0.29) is 19.4 Å². The number of nitrogens with one attached hydrogen (secondary N) is 1. The van der Waals surface area contributed by atoms with Crippen LogP contribution in [0.25, 0.3) is 0 Å². The van der Waals surface area contributed by atoms with Gasteiger partial charge in [0.2, 0.25) is 5.82 Å². The van der Waals surface area contributed by atoms with Crippen molar-refractivity contribution in [3.63, 3.8) is 0 Å². The normalized spacial score (nSPS) is 10.1. The van der Waals surface area contributed by atoms with Crippen LogP contribution in [-0.4, -0.2) is 12.5 Å². The molecule has 0 aliphatic heterocycles. The highest BCUT2D eigenvalue weighted by Gasteiger charge is 2.29. The SMILES string of the molecule is N#CCCCNC(=O)c1c(F)c(F)c(F)c(F)c1F. The first-order valence-electron chi connectivity index (χ1n) is 5.08. The summed E-state index contributed by atoms with van der Waals surface area (Å²) in [5, 5.41) is 10.2. The molecular formula is C11H7F5N2O. The van der Waals surface area contributed by atoms with E-state index < -0.39 is 40.6 Å². The molecule has 0 aromatic heterocycles. The number of rotatable bonds is 4. The van der Waals surface area contributed by atoms with E-state index in [2.05, 4.69) is 0 Å². The summed E-state index contributed by atoms with van der Waals surface area (Å²) in [4.78, 5) is 11.3. The average Bonchev–Trinajstić information content (AvgIpc) is 2.39. The van der Waals surface area contributed by atoms with E-state index in [1.165, 1.54) is 0 Å². The molecule has 0 bridgehead atoms. The minimum absolute atomic E-state index is 0.0807. The lowest BCUT2D eigenvalue weighted by Gasteiger charge is -2.08. The minimum Gasteiger partial charge on any atom is -0.352 e. The zero-order valence-corrected chi connectivity index (χ0v) is 9.37. The number of unbranched alkanes of at least 4 members (excludes halogenated alkanes) is 1. The van der Waals surface area contributed by atoms with Crippen LogP contribution in [0.15, 0.2) is 0 Å². The Labute approximate surface area is 104 Å². The van der Waals surface area contributed by atoms with Crippen molar-refractivity contribution >= 4 is 5.91 Å². The van der Waals surface area contributed by atoms with Gasteiger partial charge in [0.25, 0.3) is 5.91 Å². The van der Waals surface area contributed by atoms with E-state index in [9.17, 15) is 26.7 Å². The largest absolute Gasteiger partial charge is 0.352 e. The van der Waals surface area contributed by atoms with Crippen LogP contribution in [0, 0.1) is 40.4 Å². The summed E-state index contributed by atoms with van der Waals surface area (Å²) in [6.07, 6.45) is 0.273. The summed E-state index contributed by atoms with van der Waals surface area (Å²) in [7, 11) is 0. The molecule has 0 radical (unpaired) electrons. The van der Waals surface area contributed by atoms with E-state index >= 15 is 0 Å². The highest BCUT2D eigenvalue weighted by Crippen LogP contribution is 2.22. The number of carbonyl (C=O) groups excluding carboxylic acids is 1. The second-order valence-electron chi connectivity index (χ2n) is 3.46. The molecule has 1 aromatic carbocycles. The lowest BCUT2D eigenvalue weighted by atomic mass is 10.1. The zero-order chi connectivity index (χ0) is 14.6. The molecule has 0 saturated heterocycles. The molecule has 0 spiro atoms. The Balaban J connectivity index is 3.01. The van der Waals surface area contributed by atoms with Crippen LogP contribution in [0.1, 0.15) is 23.2 Å². The Morgan fingerprint density at radius 1 is 1.00 bits per heavy atom. The van der Waals surface area contributed by atoms with E-state index in [0.29, 0.717) is 0 Å². The van der Waals surface area contributed by atoms with Crippen molar-refractivity contribution in [3.05, 3.63) is 34.6 Å².